The summed E-state index contributed by atoms with van der Waals surface area (Å²) in [5.74, 6) is 0.264. The van der Waals surface area contributed by atoms with Crippen LogP contribution in [0, 0.1) is 0 Å². The van der Waals surface area contributed by atoms with Crippen LogP contribution in [0.15, 0.2) is 30.0 Å². The summed E-state index contributed by atoms with van der Waals surface area (Å²) in [6.45, 7) is 6.11. The molecule has 2 heterocycles. The molecule has 26 heavy (non-hydrogen) atoms. The second-order valence-corrected chi connectivity index (χ2v) is 6.83. The molecule has 0 radical (unpaired) electrons. The van der Waals surface area contributed by atoms with Crippen LogP contribution in [0.25, 0.3) is 5.57 Å². The summed E-state index contributed by atoms with van der Waals surface area (Å²) in [5.41, 5.74) is 1.77. The SMILES string of the molecule is COc1ccc(C2=C(N3CCCC3)C(=O)N(CCOC(C)C)C2=O)cc1. The van der Waals surface area contributed by atoms with Crippen LogP contribution in [0.3, 0.4) is 0 Å². The topological polar surface area (TPSA) is 59.1 Å². The van der Waals surface area contributed by atoms with E-state index in [2.05, 4.69) is 0 Å². The normalized spacial score (nSPS) is 17.8. The average molecular weight is 358 g/mol. The fourth-order valence-corrected chi connectivity index (χ4v) is 3.40. The van der Waals surface area contributed by atoms with Gasteiger partial charge in [-0.1, -0.05) is 12.1 Å². The third-order valence-corrected chi connectivity index (χ3v) is 4.71. The summed E-state index contributed by atoms with van der Waals surface area (Å²) in [5, 5.41) is 0. The van der Waals surface area contributed by atoms with E-state index in [0.29, 0.717) is 17.9 Å². The Labute approximate surface area is 154 Å². The van der Waals surface area contributed by atoms with Gasteiger partial charge in [-0.05, 0) is 44.4 Å². The molecule has 2 aliphatic heterocycles. The van der Waals surface area contributed by atoms with Gasteiger partial charge < -0.3 is 14.4 Å². The van der Waals surface area contributed by atoms with Crippen LogP contribution >= 0.6 is 0 Å². The van der Waals surface area contributed by atoms with Crippen LogP contribution in [-0.4, -0.2) is 61.1 Å². The van der Waals surface area contributed by atoms with Crippen molar-refractivity contribution in [1.29, 1.82) is 0 Å². The van der Waals surface area contributed by atoms with E-state index in [4.69, 9.17) is 9.47 Å². The Morgan fingerprint density at radius 2 is 1.69 bits per heavy atom. The third-order valence-electron chi connectivity index (χ3n) is 4.71. The van der Waals surface area contributed by atoms with Crippen LogP contribution in [0.2, 0.25) is 0 Å². The Morgan fingerprint density at radius 1 is 1.04 bits per heavy atom. The largest absolute Gasteiger partial charge is 0.497 e. The average Bonchev–Trinajstić information content (AvgIpc) is 3.23. The fourth-order valence-electron chi connectivity index (χ4n) is 3.40. The van der Waals surface area contributed by atoms with Crippen molar-refractivity contribution in [2.45, 2.75) is 32.8 Å². The van der Waals surface area contributed by atoms with Crippen molar-refractivity contribution in [2.75, 3.05) is 33.4 Å². The highest BCUT2D eigenvalue weighted by atomic mass is 16.5. The van der Waals surface area contributed by atoms with Gasteiger partial charge in [-0.15, -0.1) is 0 Å². The zero-order valence-corrected chi connectivity index (χ0v) is 15.7. The van der Waals surface area contributed by atoms with Crippen molar-refractivity contribution >= 4 is 17.4 Å². The van der Waals surface area contributed by atoms with Crippen molar-refractivity contribution in [3.8, 4) is 5.75 Å². The quantitative estimate of drug-likeness (QED) is 0.700. The molecule has 0 bridgehead atoms. The molecule has 0 aliphatic carbocycles. The molecular formula is C20H26N2O4. The molecule has 0 N–H and O–H groups in total. The highest BCUT2D eigenvalue weighted by Gasteiger charge is 2.41. The van der Waals surface area contributed by atoms with E-state index in [1.54, 1.807) is 7.11 Å². The first-order chi connectivity index (χ1) is 12.5. The Morgan fingerprint density at radius 3 is 2.27 bits per heavy atom. The van der Waals surface area contributed by atoms with E-state index in [1.165, 1.54) is 4.90 Å². The molecule has 1 aromatic carbocycles. The summed E-state index contributed by atoms with van der Waals surface area (Å²) >= 11 is 0. The summed E-state index contributed by atoms with van der Waals surface area (Å²) in [7, 11) is 1.60. The molecular weight excluding hydrogens is 332 g/mol. The van der Waals surface area contributed by atoms with Gasteiger partial charge >= 0.3 is 0 Å². The van der Waals surface area contributed by atoms with Gasteiger partial charge in [0.2, 0.25) is 0 Å². The highest BCUT2D eigenvalue weighted by molar-refractivity contribution is 6.35. The Kier molecular flexibility index (Phi) is 5.61. The predicted molar refractivity (Wildman–Crippen MR) is 98.5 cm³/mol. The van der Waals surface area contributed by atoms with Gasteiger partial charge in [-0.2, -0.15) is 0 Å². The van der Waals surface area contributed by atoms with E-state index < -0.39 is 0 Å². The molecule has 140 valence electrons. The van der Waals surface area contributed by atoms with E-state index in [-0.39, 0.29) is 24.5 Å². The molecule has 2 amide bonds. The summed E-state index contributed by atoms with van der Waals surface area (Å²) in [6.07, 6.45) is 2.14. The number of ether oxygens (including phenoxy) is 2. The Hall–Kier alpha value is -2.34. The smallest absolute Gasteiger partial charge is 0.277 e. The van der Waals surface area contributed by atoms with Crippen molar-refractivity contribution < 1.29 is 19.1 Å². The van der Waals surface area contributed by atoms with Crippen molar-refractivity contribution in [2.24, 2.45) is 0 Å². The number of carbonyl (C=O) groups excluding carboxylic acids is 2. The predicted octanol–water partition coefficient (Wildman–Crippen LogP) is 2.30. The number of nitrogens with zero attached hydrogens (tertiary/aromatic N) is 2. The zero-order chi connectivity index (χ0) is 18.7. The van der Waals surface area contributed by atoms with Gasteiger partial charge in [0.15, 0.2) is 0 Å². The summed E-state index contributed by atoms with van der Waals surface area (Å²) in [4.78, 5) is 29.4. The van der Waals surface area contributed by atoms with E-state index in [9.17, 15) is 9.59 Å². The minimum absolute atomic E-state index is 0.0647. The zero-order valence-electron chi connectivity index (χ0n) is 15.7. The monoisotopic (exact) mass is 358 g/mol. The number of rotatable bonds is 7. The van der Waals surface area contributed by atoms with Crippen LogP contribution < -0.4 is 4.74 Å². The van der Waals surface area contributed by atoms with E-state index in [1.807, 2.05) is 43.0 Å². The minimum atomic E-state index is -0.241. The minimum Gasteiger partial charge on any atom is -0.497 e. The molecule has 6 heteroatoms. The lowest BCUT2D eigenvalue weighted by molar-refractivity contribution is -0.138. The van der Waals surface area contributed by atoms with Gasteiger partial charge in [0.1, 0.15) is 11.4 Å². The summed E-state index contributed by atoms with van der Waals surface area (Å²) < 4.78 is 10.7. The number of hydrogen-bond donors (Lipinski definition) is 0. The van der Waals surface area contributed by atoms with Crippen molar-refractivity contribution in [3.63, 3.8) is 0 Å². The highest BCUT2D eigenvalue weighted by Crippen LogP contribution is 2.33. The molecule has 1 fully saturated rings. The molecule has 0 saturated carbocycles. The second kappa shape index (κ2) is 7.91. The van der Waals surface area contributed by atoms with Crippen molar-refractivity contribution in [3.05, 3.63) is 35.5 Å². The van der Waals surface area contributed by atoms with Gasteiger partial charge in [0.25, 0.3) is 11.8 Å². The molecule has 0 unspecified atom stereocenters. The molecule has 0 atom stereocenters. The first-order valence-corrected chi connectivity index (χ1v) is 9.14. The first-order valence-electron chi connectivity index (χ1n) is 9.14. The number of likely N-dealkylation sites (tertiary alicyclic amines) is 1. The van der Waals surface area contributed by atoms with Crippen LogP contribution in [0.4, 0.5) is 0 Å². The third kappa shape index (κ3) is 3.60. The number of hydrogen-bond acceptors (Lipinski definition) is 5. The molecule has 0 aromatic heterocycles. The van der Waals surface area contributed by atoms with Crippen LogP contribution in [0.1, 0.15) is 32.3 Å². The number of carbonyl (C=O) groups is 2. The lowest BCUT2D eigenvalue weighted by Crippen LogP contribution is -2.37. The second-order valence-electron chi connectivity index (χ2n) is 6.83. The van der Waals surface area contributed by atoms with Gasteiger partial charge in [-0.3, -0.25) is 14.5 Å². The molecule has 3 rings (SSSR count). The molecule has 0 spiro atoms. The van der Waals surface area contributed by atoms with E-state index >= 15 is 0 Å². The maximum absolute atomic E-state index is 13.0. The lowest BCUT2D eigenvalue weighted by atomic mass is 10.0. The lowest BCUT2D eigenvalue weighted by Gasteiger charge is -2.20. The van der Waals surface area contributed by atoms with Gasteiger partial charge in [0, 0.05) is 13.1 Å². The summed E-state index contributed by atoms with van der Waals surface area (Å²) in [6, 6.07) is 7.30. The maximum Gasteiger partial charge on any atom is 0.277 e. The number of benzene rings is 1. The number of imide groups is 1. The van der Waals surface area contributed by atoms with Crippen LogP contribution in [-0.2, 0) is 14.3 Å². The Balaban J connectivity index is 1.91. The molecule has 1 aromatic rings. The standard InChI is InChI=1S/C20H26N2O4/c1-14(2)26-13-12-22-19(23)17(15-6-8-16(25-3)9-7-15)18(20(22)24)21-10-4-5-11-21/h6-9,14H,4-5,10-13H2,1-3H3. The molecule has 6 nitrogen and oxygen atoms in total. The van der Waals surface area contributed by atoms with Gasteiger partial charge in [0.05, 0.1) is 31.9 Å². The van der Waals surface area contributed by atoms with E-state index in [0.717, 1.165) is 37.2 Å². The molecule has 1 saturated heterocycles. The maximum atomic E-state index is 13.0. The van der Waals surface area contributed by atoms with Crippen molar-refractivity contribution in [1.82, 2.24) is 9.80 Å². The molecule has 2 aliphatic rings. The number of methoxy groups -OCH3 is 1. The van der Waals surface area contributed by atoms with Gasteiger partial charge in [-0.25, -0.2) is 0 Å². The fraction of sp³-hybridized carbons (Fsp3) is 0.500. The first kappa shape index (κ1) is 18.5. The van der Waals surface area contributed by atoms with Crippen LogP contribution in [0.5, 0.6) is 5.75 Å². The number of amides is 2. The Bertz CT molecular complexity index is 703.